The Labute approximate surface area is 329 Å². The number of hydrogen-bond acceptors (Lipinski definition) is 4. The average molecular weight is 732 g/mol. The Morgan fingerprint density at radius 2 is 0.821 bits per heavy atom. The Bertz CT molecular complexity index is 2960. The zero-order valence-electron chi connectivity index (χ0n) is 30.3. The molecule has 0 bridgehead atoms. The first kappa shape index (κ1) is 32.4. The minimum atomic E-state index is -0.534. The Morgan fingerprint density at radius 3 is 1.43 bits per heavy atom. The van der Waals surface area contributed by atoms with E-state index in [1.54, 1.807) is 0 Å². The molecule has 0 fully saturated rings. The molecule has 2 aromatic heterocycles. The summed E-state index contributed by atoms with van der Waals surface area (Å²) in [5.74, 6) is 1.98. The summed E-state index contributed by atoms with van der Waals surface area (Å²) in [5.41, 5.74) is 12.4. The highest BCUT2D eigenvalue weighted by Crippen LogP contribution is 2.57. The smallest absolute Gasteiger partial charge is 0.164 e. The minimum Gasteiger partial charge on any atom is -0.208 e. The van der Waals surface area contributed by atoms with Gasteiger partial charge in [0, 0.05) is 36.9 Å². The van der Waals surface area contributed by atoms with E-state index in [1.165, 1.54) is 59.3 Å². The number of rotatable bonds is 6. The van der Waals surface area contributed by atoms with Crippen molar-refractivity contribution in [2.45, 2.75) is 5.41 Å². The van der Waals surface area contributed by atoms with Crippen LogP contribution in [0.4, 0.5) is 0 Å². The van der Waals surface area contributed by atoms with Gasteiger partial charge in [-0.3, -0.25) is 0 Å². The molecule has 8 aromatic carbocycles. The second-order valence-corrected chi connectivity index (χ2v) is 15.4. The molecule has 0 aliphatic heterocycles. The van der Waals surface area contributed by atoms with Crippen LogP contribution >= 0.6 is 11.3 Å². The van der Waals surface area contributed by atoms with Crippen LogP contribution in [0.15, 0.2) is 200 Å². The van der Waals surface area contributed by atoms with Gasteiger partial charge in [-0.05, 0) is 62.7 Å². The zero-order valence-corrected chi connectivity index (χ0v) is 31.1. The number of benzene rings is 8. The lowest BCUT2D eigenvalue weighted by atomic mass is 9.67. The van der Waals surface area contributed by atoms with Gasteiger partial charge in [0.1, 0.15) is 0 Å². The van der Waals surface area contributed by atoms with E-state index in [0.29, 0.717) is 17.5 Å². The molecule has 11 rings (SSSR count). The molecule has 1 aliphatic rings. The van der Waals surface area contributed by atoms with Gasteiger partial charge in [0.15, 0.2) is 17.5 Å². The standard InChI is InChI=1S/C52H33N3S/c1-4-15-34(16-5-1)35-27-29-38(30-28-35)52(44-24-12-10-21-40(44)41-22-11-13-25-45(41)52)39-31-32-46-43(33-39)48-42(23-14-26-47(48)56-46)51-54-49(36-17-6-2-7-18-36)53-50(55-51)37-19-8-3-9-20-37/h1-33H. The molecule has 56 heavy (non-hydrogen) atoms. The zero-order chi connectivity index (χ0) is 37.1. The van der Waals surface area contributed by atoms with E-state index >= 15 is 0 Å². The third-order valence-corrected chi connectivity index (χ3v) is 12.4. The van der Waals surface area contributed by atoms with Crippen molar-refractivity contribution in [2.75, 3.05) is 0 Å². The molecule has 0 atom stereocenters. The summed E-state index contributed by atoms with van der Waals surface area (Å²) in [5, 5.41) is 2.36. The van der Waals surface area contributed by atoms with Crippen molar-refractivity contribution < 1.29 is 0 Å². The summed E-state index contributed by atoms with van der Waals surface area (Å²) in [6.45, 7) is 0. The van der Waals surface area contributed by atoms with E-state index < -0.39 is 5.41 Å². The number of thiophene rings is 1. The summed E-state index contributed by atoms with van der Waals surface area (Å²) in [6, 6.07) is 71.8. The summed E-state index contributed by atoms with van der Waals surface area (Å²) >= 11 is 1.82. The second kappa shape index (κ2) is 13.1. The average Bonchev–Trinajstić information content (AvgIpc) is 3.81. The predicted octanol–water partition coefficient (Wildman–Crippen LogP) is 13.3. The van der Waals surface area contributed by atoms with Gasteiger partial charge in [-0.15, -0.1) is 11.3 Å². The van der Waals surface area contributed by atoms with Gasteiger partial charge in [0.2, 0.25) is 0 Å². The topological polar surface area (TPSA) is 38.7 Å². The van der Waals surface area contributed by atoms with E-state index in [9.17, 15) is 0 Å². The van der Waals surface area contributed by atoms with Gasteiger partial charge in [-0.1, -0.05) is 182 Å². The first-order chi connectivity index (χ1) is 27.8. The molecule has 262 valence electrons. The van der Waals surface area contributed by atoms with Crippen molar-refractivity contribution in [2.24, 2.45) is 0 Å². The van der Waals surface area contributed by atoms with Crippen molar-refractivity contribution in [1.82, 2.24) is 15.0 Å². The highest BCUT2D eigenvalue weighted by molar-refractivity contribution is 7.25. The predicted molar refractivity (Wildman–Crippen MR) is 232 cm³/mol. The van der Waals surface area contributed by atoms with E-state index in [2.05, 4.69) is 164 Å². The SMILES string of the molecule is c1ccc(-c2ccc(C3(c4ccc5sc6cccc(-c7nc(-c8ccccc8)nc(-c8ccccc8)n7)c6c5c4)c4ccccc4-c4ccccc43)cc2)cc1. The number of fused-ring (bicyclic) bond motifs is 6. The van der Waals surface area contributed by atoms with Crippen LogP contribution in [0.1, 0.15) is 22.3 Å². The molecule has 0 unspecified atom stereocenters. The molecular weight excluding hydrogens is 699 g/mol. The maximum absolute atomic E-state index is 5.17. The first-order valence-electron chi connectivity index (χ1n) is 18.9. The Kier molecular flexibility index (Phi) is 7.58. The lowest BCUT2D eigenvalue weighted by molar-refractivity contribution is 0.770. The molecule has 0 saturated heterocycles. The summed E-state index contributed by atoms with van der Waals surface area (Å²) < 4.78 is 2.43. The maximum Gasteiger partial charge on any atom is 0.164 e. The van der Waals surface area contributed by atoms with Crippen LogP contribution in [0.25, 0.3) is 76.6 Å². The van der Waals surface area contributed by atoms with Gasteiger partial charge in [0.25, 0.3) is 0 Å². The van der Waals surface area contributed by atoms with Crippen LogP contribution in [-0.4, -0.2) is 15.0 Å². The van der Waals surface area contributed by atoms with Crippen LogP contribution < -0.4 is 0 Å². The van der Waals surface area contributed by atoms with Gasteiger partial charge in [0.05, 0.1) is 5.41 Å². The van der Waals surface area contributed by atoms with Crippen LogP contribution in [0.5, 0.6) is 0 Å². The molecule has 0 saturated carbocycles. The van der Waals surface area contributed by atoms with E-state index in [-0.39, 0.29) is 0 Å². The van der Waals surface area contributed by atoms with Crippen molar-refractivity contribution in [3.63, 3.8) is 0 Å². The van der Waals surface area contributed by atoms with Crippen LogP contribution in [0, 0.1) is 0 Å². The third-order valence-electron chi connectivity index (χ3n) is 11.2. The monoisotopic (exact) mass is 731 g/mol. The normalized spacial score (nSPS) is 12.8. The second-order valence-electron chi connectivity index (χ2n) is 14.3. The third kappa shape index (κ3) is 5.07. The highest BCUT2D eigenvalue weighted by Gasteiger charge is 2.46. The Morgan fingerprint density at radius 1 is 0.339 bits per heavy atom. The summed E-state index contributed by atoms with van der Waals surface area (Å²) in [4.78, 5) is 15.3. The maximum atomic E-state index is 5.17. The summed E-state index contributed by atoms with van der Waals surface area (Å²) in [7, 11) is 0. The molecule has 0 N–H and O–H groups in total. The van der Waals surface area contributed by atoms with Crippen molar-refractivity contribution in [3.05, 3.63) is 222 Å². The van der Waals surface area contributed by atoms with Crippen molar-refractivity contribution in [3.8, 4) is 56.4 Å². The van der Waals surface area contributed by atoms with E-state index in [0.717, 1.165) is 22.1 Å². The van der Waals surface area contributed by atoms with Gasteiger partial charge in [-0.2, -0.15) is 0 Å². The highest BCUT2D eigenvalue weighted by atomic mass is 32.1. The van der Waals surface area contributed by atoms with Gasteiger partial charge in [-0.25, -0.2) is 15.0 Å². The number of aromatic nitrogens is 3. The van der Waals surface area contributed by atoms with Crippen molar-refractivity contribution in [1.29, 1.82) is 0 Å². The fourth-order valence-electron chi connectivity index (χ4n) is 8.74. The van der Waals surface area contributed by atoms with Crippen LogP contribution in [0.2, 0.25) is 0 Å². The first-order valence-corrected chi connectivity index (χ1v) is 19.8. The molecule has 2 heterocycles. The largest absolute Gasteiger partial charge is 0.208 e. The molecule has 0 amide bonds. The molecule has 10 aromatic rings. The minimum absolute atomic E-state index is 0.534. The molecule has 1 aliphatic carbocycles. The fourth-order valence-corrected chi connectivity index (χ4v) is 9.85. The molecule has 0 radical (unpaired) electrons. The lowest BCUT2D eigenvalue weighted by Crippen LogP contribution is -2.28. The van der Waals surface area contributed by atoms with E-state index in [1.807, 2.05) is 47.7 Å². The van der Waals surface area contributed by atoms with E-state index in [4.69, 9.17) is 15.0 Å². The number of nitrogens with zero attached hydrogens (tertiary/aromatic N) is 3. The van der Waals surface area contributed by atoms with Gasteiger partial charge >= 0.3 is 0 Å². The summed E-state index contributed by atoms with van der Waals surface area (Å²) in [6.07, 6.45) is 0. The number of hydrogen-bond donors (Lipinski definition) is 0. The fraction of sp³-hybridized carbons (Fsp3) is 0.0192. The van der Waals surface area contributed by atoms with Crippen LogP contribution in [0.3, 0.4) is 0 Å². The Balaban J connectivity index is 1.17. The van der Waals surface area contributed by atoms with Crippen molar-refractivity contribution >= 4 is 31.5 Å². The van der Waals surface area contributed by atoms with Crippen LogP contribution in [-0.2, 0) is 5.41 Å². The molecule has 3 nitrogen and oxygen atoms in total. The Hall–Kier alpha value is -7.01. The van der Waals surface area contributed by atoms with Gasteiger partial charge < -0.3 is 0 Å². The molecule has 4 heteroatoms. The molecular formula is C52H33N3S. The lowest BCUT2D eigenvalue weighted by Gasteiger charge is -2.34. The quantitative estimate of drug-likeness (QED) is 0.171. The molecule has 0 spiro atoms.